The van der Waals surface area contributed by atoms with Gasteiger partial charge in [0.15, 0.2) is 5.13 Å². The lowest BCUT2D eigenvalue weighted by Gasteiger charge is -2.34. The minimum Gasteiger partial charge on any atom is -0.345 e. The van der Waals surface area contributed by atoms with E-state index in [1.165, 1.54) is 17.7 Å². The van der Waals surface area contributed by atoms with Crippen LogP contribution < -0.4 is 4.90 Å². The summed E-state index contributed by atoms with van der Waals surface area (Å²) < 4.78 is 13.1. The molecule has 156 valence electrons. The summed E-state index contributed by atoms with van der Waals surface area (Å²) in [4.78, 5) is 21.7. The molecule has 4 nitrogen and oxygen atoms in total. The minimum absolute atomic E-state index is 0.0771. The molecule has 2 aromatic carbocycles. The van der Waals surface area contributed by atoms with E-state index < -0.39 is 0 Å². The van der Waals surface area contributed by atoms with Gasteiger partial charge in [-0.25, -0.2) is 9.37 Å². The molecule has 1 amide bonds. The van der Waals surface area contributed by atoms with Gasteiger partial charge in [0, 0.05) is 42.7 Å². The van der Waals surface area contributed by atoms with Crippen molar-refractivity contribution in [2.75, 3.05) is 31.1 Å². The van der Waals surface area contributed by atoms with Crippen LogP contribution in [-0.4, -0.2) is 42.0 Å². The first-order chi connectivity index (χ1) is 14.3. The molecule has 0 spiro atoms. The molecule has 3 aromatic rings. The third-order valence-corrected chi connectivity index (χ3v) is 6.37. The Kier molecular flexibility index (Phi) is 5.60. The van der Waals surface area contributed by atoms with Gasteiger partial charge in [-0.1, -0.05) is 32.9 Å². The highest BCUT2D eigenvalue weighted by Crippen LogP contribution is 2.28. The zero-order chi connectivity index (χ0) is 21.3. The topological polar surface area (TPSA) is 36.4 Å². The smallest absolute Gasteiger partial charge is 0.253 e. The van der Waals surface area contributed by atoms with Crippen molar-refractivity contribution in [1.29, 1.82) is 0 Å². The summed E-state index contributed by atoms with van der Waals surface area (Å²) in [6.45, 7) is 9.36. The first-order valence-corrected chi connectivity index (χ1v) is 11.1. The van der Waals surface area contributed by atoms with E-state index in [4.69, 9.17) is 4.98 Å². The normalized spacial score (nSPS) is 14.8. The van der Waals surface area contributed by atoms with E-state index >= 15 is 0 Å². The Labute approximate surface area is 181 Å². The number of rotatable bonds is 3. The lowest BCUT2D eigenvalue weighted by molar-refractivity contribution is 0.0746. The summed E-state index contributed by atoms with van der Waals surface area (Å²) >= 11 is 1.58. The summed E-state index contributed by atoms with van der Waals surface area (Å²) in [5.74, 6) is -0.163. The summed E-state index contributed by atoms with van der Waals surface area (Å²) in [5, 5.41) is 2.94. The predicted octanol–water partition coefficient (Wildman–Crippen LogP) is 5.21. The molecular formula is C24H26FN3OS. The van der Waals surface area contributed by atoms with Crippen LogP contribution in [0.4, 0.5) is 9.52 Å². The molecule has 0 N–H and O–H groups in total. The zero-order valence-electron chi connectivity index (χ0n) is 17.6. The van der Waals surface area contributed by atoms with Crippen LogP contribution in [0.1, 0.15) is 36.7 Å². The zero-order valence-corrected chi connectivity index (χ0v) is 18.4. The van der Waals surface area contributed by atoms with Crippen LogP contribution in [-0.2, 0) is 5.41 Å². The molecule has 4 rings (SSSR count). The van der Waals surface area contributed by atoms with E-state index in [1.54, 1.807) is 23.5 Å². The van der Waals surface area contributed by atoms with Crippen LogP contribution in [0.2, 0.25) is 0 Å². The number of anilines is 1. The molecule has 1 aliphatic rings. The van der Waals surface area contributed by atoms with Gasteiger partial charge in [0.25, 0.3) is 5.91 Å². The molecule has 30 heavy (non-hydrogen) atoms. The Morgan fingerprint density at radius 3 is 2.20 bits per heavy atom. The van der Waals surface area contributed by atoms with Gasteiger partial charge in [0.1, 0.15) is 5.82 Å². The van der Waals surface area contributed by atoms with Gasteiger partial charge in [-0.15, -0.1) is 11.3 Å². The number of thiazole rings is 1. The highest BCUT2D eigenvalue weighted by atomic mass is 32.1. The van der Waals surface area contributed by atoms with Gasteiger partial charge in [-0.05, 0) is 47.4 Å². The predicted molar refractivity (Wildman–Crippen MR) is 121 cm³/mol. The molecule has 1 aliphatic heterocycles. The van der Waals surface area contributed by atoms with Crippen molar-refractivity contribution in [3.05, 3.63) is 70.9 Å². The number of benzene rings is 2. The van der Waals surface area contributed by atoms with Crippen molar-refractivity contribution in [3.8, 4) is 11.3 Å². The molecule has 0 unspecified atom stereocenters. The van der Waals surface area contributed by atoms with E-state index in [0.29, 0.717) is 13.1 Å². The maximum atomic E-state index is 13.1. The maximum absolute atomic E-state index is 13.1. The molecule has 0 saturated carbocycles. The lowest BCUT2D eigenvalue weighted by Crippen LogP contribution is -2.48. The van der Waals surface area contributed by atoms with Crippen LogP contribution >= 0.6 is 11.3 Å². The van der Waals surface area contributed by atoms with Gasteiger partial charge >= 0.3 is 0 Å². The van der Waals surface area contributed by atoms with Gasteiger partial charge in [0.2, 0.25) is 0 Å². The Morgan fingerprint density at radius 2 is 1.60 bits per heavy atom. The Bertz CT molecular complexity index is 1010. The van der Waals surface area contributed by atoms with Crippen molar-refractivity contribution in [2.45, 2.75) is 26.2 Å². The number of halogens is 1. The number of carbonyl (C=O) groups is 1. The summed E-state index contributed by atoms with van der Waals surface area (Å²) in [6.07, 6.45) is 0. The molecule has 2 heterocycles. The molecule has 6 heteroatoms. The van der Waals surface area contributed by atoms with Crippen molar-refractivity contribution >= 4 is 22.4 Å². The van der Waals surface area contributed by atoms with E-state index in [9.17, 15) is 9.18 Å². The number of amides is 1. The highest BCUT2D eigenvalue weighted by molar-refractivity contribution is 7.14. The lowest BCUT2D eigenvalue weighted by atomic mass is 9.86. The van der Waals surface area contributed by atoms with Gasteiger partial charge in [-0.2, -0.15) is 0 Å². The van der Waals surface area contributed by atoms with Crippen molar-refractivity contribution < 1.29 is 9.18 Å². The van der Waals surface area contributed by atoms with Crippen LogP contribution in [0, 0.1) is 5.82 Å². The van der Waals surface area contributed by atoms with E-state index in [-0.39, 0.29) is 17.1 Å². The fourth-order valence-electron chi connectivity index (χ4n) is 3.56. The summed E-state index contributed by atoms with van der Waals surface area (Å²) in [7, 11) is 0. The first kappa shape index (κ1) is 20.5. The first-order valence-electron chi connectivity index (χ1n) is 10.2. The van der Waals surface area contributed by atoms with Crippen LogP contribution in [0.5, 0.6) is 0 Å². The Morgan fingerprint density at radius 1 is 0.967 bits per heavy atom. The van der Waals surface area contributed by atoms with Crippen molar-refractivity contribution in [2.24, 2.45) is 0 Å². The minimum atomic E-state index is -0.247. The SMILES string of the molecule is CC(C)(C)c1ccc(C(=O)N2CCN(c3nc(-c4ccc(F)cc4)cs3)CC2)cc1. The molecule has 1 saturated heterocycles. The number of hydrogen-bond donors (Lipinski definition) is 0. The van der Waals surface area contributed by atoms with Crippen LogP contribution in [0.15, 0.2) is 53.9 Å². The standard InChI is InChI=1S/C24H26FN3OS/c1-24(2,3)19-8-4-18(5-9-19)22(29)27-12-14-28(15-13-27)23-26-21(16-30-23)17-6-10-20(25)11-7-17/h4-11,16H,12-15H2,1-3H3. The fraction of sp³-hybridized carbons (Fsp3) is 0.333. The molecule has 0 bridgehead atoms. The molecule has 1 aromatic heterocycles. The molecule has 0 atom stereocenters. The second-order valence-corrected chi connectivity index (χ2v) is 9.47. The third kappa shape index (κ3) is 4.38. The average molecular weight is 424 g/mol. The third-order valence-electron chi connectivity index (χ3n) is 5.47. The molecular weight excluding hydrogens is 397 g/mol. The van der Waals surface area contributed by atoms with Gasteiger partial charge < -0.3 is 9.80 Å². The maximum Gasteiger partial charge on any atom is 0.253 e. The summed E-state index contributed by atoms with van der Waals surface area (Å²) in [6, 6.07) is 14.4. The molecule has 1 fully saturated rings. The van der Waals surface area contributed by atoms with E-state index in [0.717, 1.165) is 35.0 Å². The van der Waals surface area contributed by atoms with Crippen LogP contribution in [0.25, 0.3) is 11.3 Å². The number of aromatic nitrogens is 1. The monoisotopic (exact) mass is 423 g/mol. The molecule has 0 aliphatic carbocycles. The quantitative estimate of drug-likeness (QED) is 0.580. The Balaban J connectivity index is 1.38. The van der Waals surface area contributed by atoms with Gasteiger partial charge in [0.05, 0.1) is 5.69 Å². The number of nitrogens with zero attached hydrogens (tertiary/aromatic N) is 3. The average Bonchev–Trinajstić information content (AvgIpc) is 3.24. The highest BCUT2D eigenvalue weighted by Gasteiger charge is 2.24. The van der Waals surface area contributed by atoms with Crippen molar-refractivity contribution in [3.63, 3.8) is 0 Å². The molecule has 0 radical (unpaired) electrons. The number of carbonyl (C=O) groups excluding carboxylic acids is 1. The summed E-state index contributed by atoms with van der Waals surface area (Å²) in [5.41, 5.74) is 3.81. The van der Waals surface area contributed by atoms with E-state index in [2.05, 4.69) is 37.8 Å². The van der Waals surface area contributed by atoms with E-state index in [1.807, 2.05) is 22.4 Å². The number of piperazine rings is 1. The Hall–Kier alpha value is -2.73. The van der Waals surface area contributed by atoms with Gasteiger partial charge in [-0.3, -0.25) is 4.79 Å². The second-order valence-electron chi connectivity index (χ2n) is 8.63. The fourth-order valence-corrected chi connectivity index (χ4v) is 4.45. The largest absolute Gasteiger partial charge is 0.345 e. The van der Waals surface area contributed by atoms with Crippen molar-refractivity contribution in [1.82, 2.24) is 9.88 Å². The van der Waals surface area contributed by atoms with Crippen LogP contribution in [0.3, 0.4) is 0 Å². The second kappa shape index (κ2) is 8.19. The number of hydrogen-bond acceptors (Lipinski definition) is 4.